The Morgan fingerprint density at radius 1 is 1.32 bits per heavy atom. The van der Waals surface area contributed by atoms with Gasteiger partial charge >= 0.3 is 0 Å². The fraction of sp³-hybridized carbons (Fsp3) is 0.733. The third-order valence-electron chi connectivity index (χ3n) is 3.99. The monoisotopic (exact) mass is 485 g/mol. The summed E-state index contributed by atoms with van der Waals surface area (Å²) in [6, 6.07) is 1.88. The lowest BCUT2D eigenvalue weighted by molar-refractivity contribution is 0.169. The first-order valence-corrected chi connectivity index (χ1v) is 10.2. The molecule has 144 valence electrons. The molecule has 0 atom stereocenters. The fourth-order valence-corrected chi connectivity index (χ4v) is 3.18. The van der Waals surface area contributed by atoms with E-state index in [9.17, 15) is 8.42 Å². The second-order valence-corrected chi connectivity index (χ2v) is 8.20. The van der Waals surface area contributed by atoms with Gasteiger partial charge in [0.2, 0.25) is 0 Å². The third-order valence-corrected chi connectivity index (χ3v) is 5.67. The van der Waals surface area contributed by atoms with Crippen molar-refractivity contribution in [2.24, 2.45) is 4.99 Å². The van der Waals surface area contributed by atoms with Crippen molar-refractivity contribution in [1.82, 2.24) is 20.3 Å². The highest BCUT2D eigenvalue weighted by Gasteiger charge is 2.20. The molecule has 1 aliphatic heterocycles. The lowest BCUT2D eigenvalue weighted by Crippen LogP contribution is -2.52. The Labute approximate surface area is 167 Å². The van der Waals surface area contributed by atoms with Gasteiger partial charge in [-0.15, -0.1) is 24.0 Å². The molecule has 0 bridgehead atoms. The van der Waals surface area contributed by atoms with Gasteiger partial charge in [-0.1, -0.05) is 12.1 Å². The Kier molecular flexibility index (Phi) is 9.72. The normalized spacial score (nSPS) is 16.6. The molecule has 8 nitrogen and oxygen atoms in total. The van der Waals surface area contributed by atoms with E-state index in [-0.39, 0.29) is 35.5 Å². The molecule has 2 heterocycles. The summed E-state index contributed by atoms with van der Waals surface area (Å²) in [6.45, 7) is 9.05. The van der Waals surface area contributed by atoms with E-state index >= 15 is 0 Å². The number of aliphatic imine (C=N–C) groups is 1. The van der Waals surface area contributed by atoms with Crippen molar-refractivity contribution < 1.29 is 12.9 Å². The van der Waals surface area contributed by atoms with Gasteiger partial charge in [0, 0.05) is 51.1 Å². The largest absolute Gasteiger partial charge is 0.364 e. The summed E-state index contributed by atoms with van der Waals surface area (Å²) in [4.78, 5) is 8.98. The van der Waals surface area contributed by atoms with Gasteiger partial charge in [0.05, 0.1) is 18.0 Å². The lowest BCUT2D eigenvalue weighted by atomic mass is 10.3. The van der Waals surface area contributed by atoms with E-state index in [4.69, 9.17) is 4.52 Å². The highest BCUT2D eigenvalue weighted by Crippen LogP contribution is 2.07. The highest BCUT2D eigenvalue weighted by atomic mass is 127. The van der Waals surface area contributed by atoms with E-state index in [1.807, 2.05) is 13.0 Å². The first-order chi connectivity index (χ1) is 11.5. The molecule has 1 aliphatic rings. The highest BCUT2D eigenvalue weighted by molar-refractivity contribution is 14.0. The van der Waals surface area contributed by atoms with E-state index < -0.39 is 9.84 Å². The number of hydrogen-bond acceptors (Lipinski definition) is 6. The summed E-state index contributed by atoms with van der Waals surface area (Å²) in [5.74, 6) is 1.06. The number of piperazine rings is 1. The summed E-state index contributed by atoms with van der Waals surface area (Å²) in [5, 5.41) is 7.19. The van der Waals surface area contributed by atoms with Crippen molar-refractivity contribution >= 4 is 39.8 Å². The average molecular weight is 485 g/mol. The zero-order chi connectivity index (χ0) is 17.4. The van der Waals surface area contributed by atoms with E-state index in [2.05, 4.69) is 25.3 Å². The standard InChI is InChI=1S/C15H27N5O3S.HI/c1-3-16-15(17-6-12-24(21,22)4-2)20-9-7-19(8-10-20)13-14-5-11-23-18-14;/h5,11H,3-4,6-10,12-13H2,1-2H3,(H,16,17);1H. The number of rotatable bonds is 7. The lowest BCUT2D eigenvalue weighted by Gasteiger charge is -2.36. The Hall–Kier alpha value is -0.880. The maximum atomic E-state index is 11.6. The van der Waals surface area contributed by atoms with Crippen molar-refractivity contribution in [3.8, 4) is 0 Å². The minimum atomic E-state index is -2.98. The van der Waals surface area contributed by atoms with Crippen molar-refractivity contribution in [1.29, 1.82) is 0 Å². The quantitative estimate of drug-likeness (QED) is 0.347. The first-order valence-electron chi connectivity index (χ1n) is 8.39. The second kappa shape index (κ2) is 11.0. The van der Waals surface area contributed by atoms with Gasteiger partial charge in [-0.25, -0.2) is 8.42 Å². The summed E-state index contributed by atoms with van der Waals surface area (Å²) >= 11 is 0. The average Bonchev–Trinajstić information content (AvgIpc) is 3.08. The molecule has 0 spiro atoms. The number of nitrogens with one attached hydrogen (secondary N) is 1. The van der Waals surface area contributed by atoms with Crippen LogP contribution in [0.2, 0.25) is 0 Å². The van der Waals surface area contributed by atoms with Crippen LogP contribution >= 0.6 is 24.0 Å². The van der Waals surface area contributed by atoms with Gasteiger partial charge in [0.15, 0.2) is 15.8 Å². The number of nitrogens with zero attached hydrogens (tertiary/aromatic N) is 4. The Morgan fingerprint density at radius 2 is 2.04 bits per heavy atom. The molecule has 2 rings (SSSR count). The molecule has 0 unspecified atom stereocenters. The number of guanidine groups is 1. The SMILES string of the molecule is CCNC(=NCCS(=O)(=O)CC)N1CCN(Cc2ccon2)CC1.I. The molecule has 1 saturated heterocycles. The van der Waals surface area contributed by atoms with Crippen molar-refractivity contribution in [2.45, 2.75) is 20.4 Å². The Bertz CT molecular complexity index is 613. The molecule has 25 heavy (non-hydrogen) atoms. The van der Waals surface area contributed by atoms with Crippen LogP contribution in [0.5, 0.6) is 0 Å². The number of sulfone groups is 1. The van der Waals surface area contributed by atoms with Crippen LogP contribution in [-0.2, 0) is 16.4 Å². The first kappa shape index (κ1) is 22.2. The van der Waals surface area contributed by atoms with Gasteiger partial charge < -0.3 is 14.7 Å². The number of halogens is 1. The van der Waals surface area contributed by atoms with Gasteiger partial charge in [-0.3, -0.25) is 9.89 Å². The van der Waals surface area contributed by atoms with Crippen molar-refractivity contribution in [3.05, 3.63) is 18.0 Å². The molecule has 1 aromatic rings. The molecular weight excluding hydrogens is 457 g/mol. The number of aromatic nitrogens is 1. The van der Waals surface area contributed by atoms with Gasteiger partial charge in [0.1, 0.15) is 6.26 Å². The Morgan fingerprint density at radius 3 is 2.60 bits per heavy atom. The zero-order valence-corrected chi connectivity index (χ0v) is 18.0. The minimum absolute atomic E-state index is 0. The van der Waals surface area contributed by atoms with Crippen LogP contribution in [0.1, 0.15) is 19.5 Å². The predicted octanol–water partition coefficient (Wildman–Crippen LogP) is 0.810. The van der Waals surface area contributed by atoms with Crippen LogP contribution in [0, 0.1) is 0 Å². The zero-order valence-electron chi connectivity index (χ0n) is 14.8. The van der Waals surface area contributed by atoms with Crippen LogP contribution in [0.15, 0.2) is 21.8 Å². The maximum absolute atomic E-state index is 11.6. The van der Waals surface area contributed by atoms with E-state index in [0.717, 1.165) is 50.9 Å². The van der Waals surface area contributed by atoms with Gasteiger partial charge in [-0.2, -0.15) is 0 Å². The molecular formula is C15H28IN5O3S. The summed E-state index contributed by atoms with van der Waals surface area (Å²) < 4.78 is 28.0. The fourth-order valence-electron chi connectivity index (χ4n) is 2.53. The molecule has 1 aromatic heterocycles. The van der Waals surface area contributed by atoms with Gasteiger partial charge in [0.25, 0.3) is 0 Å². The van der Waals surface area contributed by atoms with Crippen LogP contribution in [0.4, 0.5) is 0 Å². The minimum Gasteiger partial charge on any atom is -0.364 e. The third kappa shape index (κ3) is 7.48. The molecule has 10 heteroatoms. The predicted molar refractivity (Wildman–Crippen MR) is 109 cm³/mol. The molecule has 0 aliphatic carbocycles. The van der Waals surface area contributed by atoms with Gasteiger partial charge in [-0.05, 0) is 6.92 Å². The molecule has 0 amide bonds. The van der Waals surface area contributed by atoms with Crippen LogP contribution in [0.3, 0.4) is 0 Å². The molecule has 0 saturated carbocycles. The second-order valence-electron chi connectivity index (χ2n) is 5.73. The topological polar surface area (TPSA) is 91.0 Å². The van der Waals surface area contributed by atoms with Crippen LogP contribution < -0.4 is 5.32 Å². The smallest absolute Gasteiger partial charge is 0.194 e. The summed E-state index contributed by atoms with van der Waals surface area (Å²) in [7, 11) is -2.98. The van der Waals surface area contributed by atoms with Crippen LogP contribution in [-0.4, -0.2) is 80.1 Å². The molecule has 1 fully saturated rings. The van der Waals surface area contributed by atoms with Crippen molar-refractivity contribution in [2.75, 3.05) is 50.8 Å². The molecule has 1 N–H and O–H groups in total. The van der Waals surface area contributed by atoms with E-state index in [0.29, 0.717) is 6.54 Å². The van der Waals surface area contributed by atoms with Crippen LogP contribution in [0.25, 0.3) is 0 Å². The number of hydrogen-bond donors (Lipinski definition) is 1. The maximum Gasteiger partial charge on any atom is 0.194 e. The summed E-state index contributed by atoms with van der Waals surface area (Å²) in [6.07, 6.45) is 1.59. The molecule has 0 aromatic carbocycles. The molecule has 0 radical (unpaired) electrons. The van der Waals surface area contributed by atoms with Crippen molar-refractivity contribution in [3.63, 3.8) is 0 Å². The van der Waals surface area contributed by atoms with E-state index in [1.54, 1.807) is 13.2 Å². The Balaban J connectivity index is 0.00000312. The summed E-state index contributed by atoms with van der Waals surface area (Å²) in [5.41, 5.74) is 0.939. The van der Waals surface area contributed by atoms with E-state index in [1.165, 1.54) is 0 Å².